The van der Waals surface area contributed by atoms with Gasteiger partial charge in [0.25, 0.3) is 0 Å². The van der Waals surface area contributed by atoms with Crippen LogP contribution in [0.25, 0.3) is 0 Å². The van der Waals surface area contributed by atoms with Gasteiger partial charge in [0.05, 0.1) is 0 Å². The SMILES string of the molecule is CNC(=O)N1CCC2(CC1)CN(C(=O)O)C2. The number of carbonyl (C=O) groups excluding carboxylic acids is 1. The summed E-state index contributed by atoms with van der Waals surface area (Å²) < 4.78 is 0. The summed E-state index contributed by atoms with van der Waals surface area (Å²) in [4.78, 5) is 25.3. The van der Waals surface area contributed by atoms with E-state index in [0.29, 0.717) is 13.1 Å². The Balaban J connectivity index is 1.83. The van der Waals surface area contributed by atoms with E-state index < -0.39 is 6.09 Å². The molecule has 2 fully saturated rings. The van der Waals surface area contributed by atoms with Crippen molar-refractivity contribution in [3.05, 3.63) is 0 Å². The Morgan fingerprint density at radius 2 is 1.75 bits per heavy atom. The fourth-order valence-electron chi connectivity index (χ4n) is 2.56. The molecule has 16 heavy (non-hydrogen) atoms. The van der Waals surface area contributed by atoms with Crippen molar-refractivity contribution in [2.75, 3.05) is 33.2 Å². The molecule has 2 aliphatic rings. The smallest absolute Gasteiger partial charge is 0.407 e. The van der Waals surface area contributed by atoms with Gasteiger partial charge in [-0.25, -0.2) is 9.59 Å². The molecule has 0 bridgehead atoms. The minimum absolute atomic E-state index is 0.0377. The zero-order valence-electron chi connectivity index (χ0n) is 9.40. The molecule has 0 atom stereocenters. The highest BCUT2D eigenvalue weighted by Gasteiger charge is 2.47. The van der Waals surface area contributed by atoms with E-state index in [-0.39, 0.29) is 11.4 Å². The van der Waals surface area contributed by atoms with Gasteiger partial charge in [0.2, 0.25) is 0 Å². The van der Waals surface area contributed by atoms with Crippen LogP contribution in [-0.2, 0) is 0 Å². The topological polar surface area (TPSA) is 72.9 Å². The van der Waals surface area contributed by atoms with Crippen LogP contribution < -0.4 is 5.32 Å². The second-order valence-corrected chi connectivity index (χ2v) is 4.68. The molecular weight excluding hydrogens is 210 g/mol. The van der Waals surface area contributed by atoms with Crippen LogP contribution in [0.4, 0.5) is 9.59 Å². The molecule has 0 aromatic carbocycles. The van der Waals surface area contributed by atoms with Gasteiger partial charge < -0.3 is 20.2 Å². The van der Waals surface area contributed by atoms with Crippen molar-refractivity contribution in [2.24, 2.45) is 5.41 Å². The molecule has 2 aliphatic heterocycles. The van der Waals surface area contributed by atoms with Gasteiger partial charge in [-0.3, -0.25) is 0 Å². The van der Waals surface area contributed by atoms with Crippen molar-refractivity contribution in [3.8, 4) is 0 Å². The fraction of sp³-hybridized carbons (Fsp3) is 0.800. The number of rotatable bonds is 0. The van der Waals surface area contributed by atoms with E-state index in [1.54, 1.807) is 11.9 Å². The number of carboxylic acid groups (broad SMARTS) is 1. The van der Waals surface area contributed by atoms with Crippen LogP contribution in [0.15, 0.2) is 0 Å². The zero-order chi connectivity index (χ0) is 11.8. The third-order valence-corrected chi connectivity index (χ3v) is 3.65. The average Bonchev–Trinajstić information content (AvgIpc) is 2.24. The molecule has 6 heteroatoms. The number of amides is 3. The molecule has 0 unspecified atom stereocenters. The Morgan fingerprint density at radius 1 is 1.19 bits per heavy atom. The number of carbonyl (C=O) groups is 2. The third-order valence-electron chi connectivity index (χ3n) is 3.65. The maximum absolute atomic E-state index is 11.4. The van der Waals surface area contributed by atoms with Gasteiger partial charge in [-0.2, -0.15) is 0 Å². The summed E-state index contributed by atoms with van der Waals surface area (Å²) in [5.74, 6) is 0. The molecular formula is C10H17N3O3. The first kappa shape index (κ1) is 11.0. The molecule has 0 radical (unpaired) electrons. The van der Waals surface area contributed by atoms with E-state index in [1.807, 2.05) is 0 Å². The number of urea groups is 1. The number of hydrogen-bond acceptors (Lipinski definition) is 2. The second-order valence-electron chi connectivity index (χ2n) is 4.68. The summed E-state index contributed by atoms with van der Waals surface area (Å²) in [6, 6.07) is -0.0377. The fourth-order valence-corrected chi connectivity index (χ4v) is 2.56. The van der Waals surface area contributed by atoms with Crippen LogP contribution in [-0.4, -0.2) is 60.3 Å². The molecule has 2 heterocycles. The predicted octanol–water partition coefficient (Wildman–Crippen LogP) is 0.402. The highest BCUT2D eigenvalue weighted by atomic mass is 16.4. The summed E-state index contributed by atoms with van der Waals surface area (Å²) in [5.41, 5.74) is 0.142. The van der Waals surface area contributed by atoms with Crippen LogP contribution in [0.2, 0.25) is 0 Å². The first-order valence-corrected chi connectivity index (χ1v) is 5.51. The maximum atomic E-state index is 11.4. The summed E-state index contributed by atoms with van der Waals surface area (Å²) in [6.07, 6.45) is 0.980. The first-order valence-electron chi connectivity index (χ1n) is 5.51. The number of likely N-dealkylation sites (tertiary alicyclic amines) is 2. The first-order chi connectivity index (χ1) is 7.56. The van der Waals surface area contributed by atoms with Crippen molar-refractivity contribution in [2.45, 2.75) is 12.8 Å². The Hall–Kier alpha value is -1.46. The summed E-state index contributed by atoms with van der Waals surface area (Å²) in [7, 11) is 1.63. The molecule has 2 saturated heterocycles. The Kier molecular flexibility index (Phi) is 2.65. The van der Waals surface area contributed by atoms with E-state index in [1.165, 1.54) is 4.90 Å². The lowest BCUT2D eigenvalue weighted by molar-refractivity contribution is -0.0268. The van der Waals surface area contributed by atoms with Crippen molar-refractivity contribution in [1.29, 1.82) is 0 Å². The van der Waals surface area contributed by atoms with Gasteiger partial charge in [0, 0.05) is 38.6 Å². The number of nitrogens with zero attached hydrogens (tertiary/aromatic N) is 2. The molecule has 0 aromatic heterocycles. The molecule has 2 N–H and O–H groups in total. The van der Waals surface area contributed by atoms with Crippen LogP contribution in [0.5, 0.6) is 0 Å². The summed E-state index contributed by atoms with van der Waals surface area (Å²) in [6.45, 7) is 2.72. The second kappa shape index (κ2) is 3.84. The molecule has 90 valence electrons. The monoisotopic (exact) mass is 227 g/mol. The highest BCUT2D eigenvalue weighted by Crippen LogP contribution is 2.40. The van der Waals surface area contributed by atoms with Gasteiger partial charge in [-0.1, -0.05) is 0 Å². The number of hydrogen-bond donors (Lipinski definition) is 2. The van der Waals surface area contributed by atoms with Crippen molar-refractivity contribution in [3.63, 3.8) is 0 Å². The van der Waals surface area contributed by atoms with Crippen molar-refractivity contribution >= 4 is 12.1 Å². The molecule has 0 aliphatic carbocycles. The van der Waals surface area contributed by atoms with E-state index in [9.17, 15) is 9.59 Å². The van der Waals surface area contributed by atoms with Crippen LogP contribution >= 0.6 is 0 Å². The standard InChI is InChI=1S/C10H17N3O3/c1-11-8(14)12-4-2-10(3-5-12)6-13(7-10)9(15)16/h2-7H2,1H3,(H,11,14)(H,15,16). The Labute approximate surface area is 94.2 Å². The Bertz CT molecular complexity index is 302. The lowest BCUT2D eigenvalue weighted by atomic mass is 9.72. The summed E-state index contributed by atoms with van der Waals surface area (Å²) >= 11 is 0. The quantitative estimate of drug-likeness (QED) is 0.629. The number of nitrogens with one attached hydrogen (secondary N) is 1. The average molecular weight is 227 g/mol. The molecule has 6 nitrogen and oxygen atoms in total. The summed E-state index contributed by atoms with van der Waals surface area (Å²) in [5, 5.41) is 11.4. The van der Waals surface area contributed by atoms with Crippen LogP contribution in [0.3, 0.4) is 0 Å². The largest absolute Gasteiger partial charge is 0.465 e. The van der Waals surface area contributed by atoms with Gasteiger partial charge in [-0.15, -0.1) is 0 Å². The minimum atomic E-state index is -0.834. The Morgan fingerprint density at radius 3 is 2.19 bits per heavy atom. The van der Waals surface area contributed by atoms with E-state index in [4.69, 9.17) is 5.11 Å². The zero-order valence-corrected chi connectivity index (χ0v) is 9.40. The predicted molar refractivity (Wildman–Crippen MR) is 57.3 cm³/mol. The normalized spacial score (nSPS) is 22.8. The highest BCUT2D eigenvalue weighted by molar-refractivity contribution is 5.74. The maximum Gasteiger partial charge on any atom is 0.407 e. The molecule has 3 amide bonds. The van der Waals surface area contributed by atoms with E-state index >= 15 is 0 Å². The number of piperidine rings is 1. The van der Waals surface area contributed by atoms with Gasteiger partial charge in [0.1, 0.15) is 0 Å². The van der Waals surface area contributed by atoms with Crippen molar-refractivity contribution in [1.82, 2.24) is 15.1 Å². The lowest BCUT2D eigenvalue weighted by Crippen LogP contribution is -2.62. The van der Waals surface area contributed by atoms with Gasteiger partial charge >= 0.3 is 12.1 Å². The third kappa shape index (κ3) is 1.79. The van der Waals surface area contributed by atoms with Gasteiger partial charge in [-0.05, 0) is 12.8 Å². The lowest BCUT2D eigenvalue weighted by Gasteiger charge is -2.52. The molecule has 2 rings (SSSR count). The van der Waals surface area contributed by atoms with Crippen molar-refractivity contribution < 1.29 is 14.7 Å². The minimum Gasteiger partial charge on any atom is -0.465 e. The van der Waals surface area contributed by atoms with Crippen LogP contribution in [0.1, 0.15) is 12.8 Å². The molecule has 1 spiro atoms. The molecule has 0 aromatic rings. The van der Waals surface area contributed by atoms with Crippen LogP contribution in [0, 0.1) is 5.41 Å². The molecule has 0 saturated carbocycles. The van der Waals surface area contributed by atoms with Gasteiger partial charge in [0.15, 0.2) is 0 Å². The van der Waals surface area contributed by atoms with E-state index in [0.717, 1.165) is 25.9 Å². The van der Waals surface area contributed by atoms with E-state index in [2.05, 4.69) is 5.32 Å².